The third kappa shape index (κ3) is 6.79. The molecule has 1 aromatic carbocycles. The number of aliphatic imine (C=N–C) groups is 1. The molecule has 0 amide bonds. The second-order valence-electron chi connectivity index (χ2n) is 7.71. The van der Waals surface area contributed by atoms with E-state index in [1.165, 1.54) is 5.56 Å². The minimum absolute atomic E-state index is 0. The molecular formula is C20H34IN3O3S. The number of guanidine groups is 1. The Balaban J connectivity index is 0.00000392. The topological polar surface area (TPSA) is 63.2 Å². The van der Waals surface area contributed by atoms with Crippen LogP contribution in [0, 0.1) is 0 Å². The van der Waals surface area contributed by atoms with Gasteiger partial charge in [0.05, 0.1) is 14.2 Å². The van der Waals surface area contributed by atoms with Gasteiger partial charge in [0, 0.05) is 60.0 Å². The second kappa shape index (κ2) is 11.2. The Kier molecular flexibility index (Phi) is 10.0. The number of ether oxygens (including phenoxy) is 2. The van der Waals surface area contributed by atoms with E-state index in [0.717, 1.165) is 37.0 Å². The molecule has 1 fully saturated rings. The summed E-state index contributed by atoms with van der Waals surface area (Å²) in [5.41, 5.74) is 1.22. The molecule has 2 unspecified atom stereocenters. The lowest BCUT2D eigenvalue weighted by Gasteiger charge is -2.23. The molecule has 6 nitrogen and oxygen atoms in total. The molecule has 0 bridgehead atoms. The van der Waals surface area contributed by atoms with Gasteiger partial charge in [0.1, 0.15) is 11.5 Å². The van der Waals surface area contributed by atoms with Crippen molar-refractivity contribution in [2.24, 2.45) is 4.99 Å². The van der Waals surface area contributed by atoms with E-state index in [2.05, 4.69) is 27.3 Å². The Morgan fingerprint density at radius 3 is 2.36 bits per heavy atom. The van der Waals surface area contributed by atoms with Gasteiger partial charge in [0.2, 0.25) is 0 Å². The smallest absolute Gasteiger partial charge is 0.193 e. The molecule has 1 aliphatic rings. The normalized spacial score (nSPS) is 18.4. The van der Waals surface area contributed by atoms with Gasteiger partial charge in [-0.25, -0.2) is 0 Å². The highest BCUT2D eigenvalue weighted by molar-refractivity contribution is 14.0. The van der Waals surface area contributed by atoms with Crippen molar-refractivity contribution < 1.29 is 13.7 Å². The van der Waals surface area contributed by atoms with Crippen LogP contribution in [0.1, 0.15) is 38.7 Å². The third-order valence-electron chi connectivity index (χ3n) is 4.80. The molecule has 0 aromatic heterocycles. The van der Waals surface area contributed by atoms with Gasteiger partial charge in [-0.1, -0.05) is 0 Å². The predicted molar refractivity (Wildman–Crippen MR) is 128 cm³/mol. The summed E-state index contributed by atoms with van der Waals surface area (Å²) in [6.07, 6.45) is 1.05. The highest BCUT2D eigenvalue weighted by Crippen LogP contribution is 2.32. The monoisotopic (exact) mass is 523 g/mol. The summed E-state index contributed by atoms with van der Waals surface area (Å²) in [6, 6.07) is 6.06. The van der Waals surface area contributed by atoms with Gasteiger partial charge in [-0.2, -0.15) is 0 Å². The molecule has 0 saturated carbocycles. The highest BCUT2D eigenvalue weighted by Gasteiger charge is 2.27. The SMILES string of the molecule is CN=C(NCCS(=O)C(C)(C)C)N1CCC(c2cc(OC)cc(OC)c2)C1.I. The zero-order chi connectivity index (χ0) is 20.0. The number of benzene rings is 1. The van der Waals surface area contributed by atoms with E-state index in [9.17, 15) is 4.21 Å². The largest absolute Gasteiger partial charge is 0.497 e. The van der Waals surface area contributed by atoms with E-state index < -0.39 is 10.8 Å². The predicted octanol–water partition coefficient (Wildman–Crippen LogP) is 3.23. The summed E-state index contributed by atoms with van der Waals surface area (Å²) in [5.74, 6) is 3.52. The molecule has 1 aliphatic heterocycles. The maximum absolute atomic E-state index is 12.2. The molecule has 160 valence electrons. The summed E-state index contributed by atoms with van der Waals surface area (Å²) < 4.78 is 22.8. The van der Waals surface area contributed by atoms with Crippen LogP contribution in [0.4, 0.5) is 0 Å². The van der Waals surface area contributed by atoms with E-state index in [4.69, 9.17) is 9.47 Å². The lowest BCUT2D eigenvalue weighted by molar-refractivity contribution is 0.392. The first kappa shape index (κ1) is 25.0. The van der Waals surface area contributed by atoms with Crippen LogP contribution in [0.15, 0.2) is 23.2 Å². The summed E-state index contributed by atoms with van der Waals surface area (Å²) >= 11 is 0. The van der Waals surface area contributed by atoms with Crippen molar-refractivity contribution >= 4 is 40.7 Å². The van der Waals surface area contributed by atoms with Crippen LogP contribution in [0.2, 0.25) is 0 Å². The molecule has 0 spiro atoms. The number of nitrogens with one attached hydrogen (secondary N) is 1. The summed E-state index contributed by atoms with van der Waals surface area (Å²) in [5, 5.41) is 3.36. The van der Waals surface area contributed by atoms with Crippen molar-refractivity contribution in [1.82, 2.24) is 10.2 Å². The number of methoxy groups -OCH3 is 2. The van der Waals surface area contributed by atoms with Crippen LogP contribution in [-0.4, -0.2) is 66.5 Å². The molecule has 1 aromatic rings. The van der Waals surface area contributed by atoms with Gasteiger partial charge in [0.25, 0.3) is 0 Å². The van der Waals surface area contributed by atoms with Crippen molar-refractivity contribution in [2.45, 2.75) is 37.9 Å². The molecule has 0 radical (unpaired) electrons. The first-order valence-corrected chi connectivity index (χ1v) is 10.7. The van der Waals surface area contributed by atoms with Crippen LogP contribution in [0.5, 0.6) is 11.5 Å². The number of hydrogen-bond acceptors (Lipinski definition) is 4. The van der Waals surface area contributed by atoms with E-state index in [1.54, 1.807) is 21.3 Å². The van der Waals surface area contributed by atoms with Gasteiger partial charge in [-0.3, -0.25) is 9.20 Å². The van der Waals surface area contributed by atoms with Crippen LogP contribution in [0.25, 0.3) is 0 Å². The van der Waals surface area contributed by atoms with Crippen LogP contribution >= 0.6 is 24.0 Å². The third-order valence-corrected chi connectivity index (χ3v) is 6.74. The maximum atomic E-state index is 12.2. The summed E-state index contributed by atoms with van der Waals surface area (Å²) in [7, 11) is 4.28. The van der Waals surface area contributed by atoms with Gasteiger partial charge >= 0.3 is 0 Å². The molecule has 28 heavy (non-hydrogen) atoms. The van der Waals surface area contributed by atoms with E-state index >= 15 is 0 Å². The van der Waals surface area contributed by atoms with Crippen molar-refractivity contribution in [3.8, 4) is 11.5 Å². The summed E-state index contributed by atoms with van der Waals surface area (Å²) in [6.45, 7) is 8.50. The van der Waals surface area contributed by atoms with Crippen molar-refractivity contribution in [3.63, 3.8) is 0 Å². The fraction of sp³-hybridized carbons (Fsp3) is 0.650. The van der Waals surface area contributed by atoms with Crippen LogP contribution in [0.3, 0.4) is 0 Å². The Morgan fingerprint density at radius 1 is 1.25 bits per heavy atom. The zero-order valence-corrected chi connectivity index (χ0v) is 20.9. The van der Waals surface area contributed by atoms with E-state index in [0.29, 0.717) is 18.2 Å². The zero-order valence-electron chi connectivity index (χ0n) is 17.8. The van der Waals surface area contributed by atoms with E-state index in [-0.39, 0.29) is 28.7 Å². The highest BCUT2D eigenvalue weighted by atomic mass is 127. The van der Waals surface area contributed by atoms with Crippen molar-refractivity contribution in [2.75, 3.05) is 46.7 Å². The Labute approximate surface area is 188 Å². The fourth-order valence-electron chi connectivity index (χ4n) is 3.18. The first-order valence-electron chi connectivity index (χ1n) is 9.35. The number of likely N-dealkylation sites (tertiary alicyclic amines) is 1. The standard InChI is InChI=1S/C20H33N3O3S.HI/c1-20(2,3)27(24)10-8-22-19(21-4)23-9-7-15(14-23)16-11-17(25-5)13-18(12-16)26-6;/h11-13,15H,7-10,14H2,1-6H3,(H,21,22);1H. The molecule has 8 heteroatoms. The van der Waals surface area contributed by atoms with Gasteiger partial charge in [-0.15, -0.1) is 24.0 Å². The second-order valence-corrected chi connectivity index (χ2v) is 10.0. The van der Waals surface area contributed by atoms with Gasteiger partial charge in [-0.05, 0) is 44.9 Å². The Bertz CT molecular complexity index is 670. The molecule has 2 atom stereocenters. The molecule has 1 saturated heterocycles. The van der Waals surface area contributed by atoms with Crippen LogP contribution in [-0.2, 0) is 10.8 Å². The number of halogens is 1. The van der Waals surface area contributed by atoms with Crippen molar-refractivity contribution in [1.29, 1.82) is 0 Å². The average molecular weight is 523 g/mol. The molecule has 1 N–H and O–H groups in total. The fourth-order valence-corrected chi connectivity index (χ4v) is 4.08. The molecule has 1 heterocycles. The van der Waals surface area contributed by atoms with Crippen LogP contribution < -0.4 is 14.8 Å². The van der Waals surface area contributed by atoms with E-state index in [1.807, 2.05) is 26.8 Å². The lowest BCUT2D eigenvalue weighted by Crippen LogP contribution is -2.42. The average Bonchev–Trinajstić information content (AvgIpc) is 3.13. The molecular weight excluding hydrogens is 489 g/mol. The molecule has 2 rings (SSSR count). The van der Waals surface area contributed by atoms with Gasteiger partial charge < -0.3 is 19.7 Å². The number of hydrogen-bond donors (Lipinski definition) is 1. The van der Waals surface area contributed by atoms with Gasteiger partial charge in [0.15, 0.2) is 5.96 Å². The number of nitrogens with zero attached hydrogens (tertiary/aromatic N) is 2. The summed E-state index contributed by atoms with van der Waals surface area (Å²) in [4.78, 5) is 6.67. The Hall–Kier alpha value is -1.03. The maximum Gasteiger partial charge on any atom is 0.193 e. The lowest BCUT2D eigenvalue weighted by atomic mass is 9.98. The number of rotatable bonds is 6. The minimum Gasteiger partial charge on any atom is -0.497 e. The van der Waals surface area contributed by atoms with Crippen molar-refractivity contribution in [3.05, 3.63) is 23.8 Å². The first-order chi connectivity index (χ1) is 12.8. The quantitative estimate of drug-likeness (QED) is 0.353. The Morgan fingerprint density at radius 2 is 1.86 bits per heavy atom. The minimum atomic E-state index is -0.865. The molecule has 0 aliphatic carbocycles.